The van der Waals surface area contributed by atoms with E-state index < -0.39 is 18.0 Å². The molecule has 1 N–H and O–H groups in total. The van der Waals surface area contributed by atoms with Crippen LogP contribution >= 0.6 is 0 Å². The summed E-state index contributed by atoms with van der Waals surface area (Å²) in [6.45, 7) is 3.07. The SMILES string of the molecule is CCOC(=O)N1CCN(C(=O)C(=O)O)CC1. The quantitative estimate of drug-likeness (QED) is 0.606. The largest absolute Gasteiger partial charge is 0.474 e. The lowest BCUT2D eigenvalue weighted by atomic mass is 10.3. The zero-order valence-electron chi connectivity index (χ0n) is 9.01. The molecule has 1 rings (SSSR count). The van der Waals surface area contributed by atoms with Crippen molar-refractivity contribution >= 4 is 18.0 Å². The molecule has 0 saturated carbocycles. The molecule has 1 saturated heterocycles. The molecular formula is C9H14N2O5. The molecule has 7 nitrogen and oxygen atoms in total. The summed E-state index contributed by atoms with van der Waals surface area (Å²) < 4.78 is 4.79. The Morgan fingerprint density at radius 2 is 1.62 bits per heavy atom. The number of carbonyl (C=O) groups is 3. The van der Waals surface area contributed by atoms with E-state index in [4.69, 9.17) is 9.84 Å². The van der Waals surface area contributed by atoms with Crippen LogP contribution in [0.15, 0.2) is 0 Å². The monoisotopic (exact) mass is 230 g/mol. The Bertz CT molecular complexity index is 296. The summed E-state index contributed by atoms with van der Waals surface area (Å²) in [5.41, 5.74) is 0. The molecule has 0 aromatic rings. The van der Waals surface area contributed by atoms with E-state index in [1.165, 1.54) is 9.80 Å². The van der Waals surface area contributed by atoms with Gasteiger partial charge in [-0.15, -0.1) is 0 Å². The summed E-state index contributed by atoms with van der Waals surface area (Å²) in [5.74, 6) is -2.40. The number of amides is 2. The number of rotatable bonds is 1. The van der Waals surface area contributed by atoms with E-state index in [1.54, 1.807) is 6.92 Å². The molecule has 0 radical (unpaired) electrons. The number of aliphatic carboxylic acids is 1. The minimum atomic E-state index is -1.47. The third-order valence-electron chi connectivity index (χ3n) is 2.28. The van der Waals surface area contributed by atoms with Crippen LogP contribution in [0.4, 0.5) is 4.79 Å². The molecular weight excluding hydrogens is 216 g/mol. The zero-order valence-corrected chi connectivity index (χ0v) is 9.01. The minimum absolute atomic E-state index is 0.226. The molecule has 7 heteroatoms. The smallest absolute Gasteiger partial charge is 0.409 e. The van der Waals surface area contributed by atoms with Gasteiger partial charge in [0, 0.05) is 26.2 Å². The molecule has 0 aromatic heterocycles. The molecule has 0 bridgehead atoms. The predicted octanol–water partition coefficient (Wildman–Crippen LogP) is -0.628. The van der Waals surface area contributed by atoms with Crippen LogP contribution in [0, 0.1) is 0 Å². The van der Waals surface area contributed by atoms with Gasteiger partial charge in [-0.2, -0.15) is 0 Å². The molecule has 0 atom stereocenters. The summed E-state index contributed by atoms with van der Waals surface area (Å²) in [4.78, 5) is 35.5. The van der Waals surface area contributed by atoms with E-state index in [0.29, 0.717) is 19.7 Å². The minimum Gasteiger partial charge on any atom is -0.474 e. The predicted molar refractivity (Wildman–Crippen MR) is 52.8 cm³/mol. The number of hydrogen-bond donors (Lipinski definition) is 1. The molecule has 16 heavy (non-hydrogen) atoms. The molecule has 0 spiro atoms. The first kappa shape index (κ1) is 12.3. The van der Waals surface area contributed by atoms with Crippen LogP contribution < -0.4 is 0 Å². The van der Waals surface area contributed by atoms with Crippen molar-refractivity contribution in [3.8, 4) is 0 Å². The first-order chi connectivity index (χ1) is 7.56. The van der Waals surface area contributed by atoms with Crippen molar-refractivity contribution in [3.63, 3.8) is 0 Å². The highest BCUT2D eigenvalue weighted by Gasteiger charge is 2.27. The highest BCUT2D eigenvalue weighted by atomic mass is 16.6. The fraction of sp³-hybridized carbons (Fsp3) is 0.667. The van der Waals surface area contributed by atoms with Crippen molar-refractivity contribution in [2.75, 3.05) is 32.8 Å². The highest BCUT2D eigenvalue weighted by Crippen LogP contribution is 2.04. The second-order valence-electron chi connectivity index (χ2n) is 3.28. The fourth-order valence-electron chi connectivity index (χ4n) is 1.44. The summed E-state index contributed by atoms with van der Waals surface area (Å²) in [6.07, 6.45) is -0.426. The number of hydrogen-bond acceptors (Lipinski definition) is 4. The van der Waals surface area contributed by atoms with Gasteiger partial charge in [-0.05, 0) is 6.92 Å². The maximum Gasteiger partial charge on any atom is 0.409 e. The van der Waals surface area contributed by atoms with E-state index in [1.807, 2.05) is 0 Å². The van der Waals surface area contributed by atoms with Gasteiger partial charge in [0.2, 0.25) is 0 Å². The molecule has 1 fully saturated rings. The summed E-state index contributed by atoms with van der Waals surface area (Å²) in [5, 5.41) is 8.50. The Morgan fingerprint density at radius 3 is 2.06 bits per heavy atom. The standard InChI is InChI=1S/C9H14N2O5/c1-2-16-9(15)11-5-3-10(4-6-11)7(12)8(13)14/h2-6H2,1H3,(H,13,14). The molecule has 2 amide bonds. The van der Waals surface area contributed by atoms with Gasteiger partial charge in [-0.25, -0.2) is 9.59 Å². The summed E-state index contributed by atoms with van der Waals surface area (Å²) >= 11 is 0. The van der Waals surface area contributed by atoms with E-state index in [9.17, 15) is 14.4 Å². The van der Waals surface area contributed by atoms with E-state index >= 15 is 0 Å². The molecule has 1 heterocycles. The average molecular weight is 230 g/mol. The van der Waals surface area contributed by atoms with Gasteiger partial charge in [0.05, 0.1) is 6.61 Å². The number of carboxylic acid groups (broad SMARTS) is 1. The maximum atomic E-state index is 11.3. The second kappa shape index (κ2) is 5.34. The van der Waals surface area contributed by atoms with Gasteiger partial charge >= 0.3 is 18.0 Å². The van der Waals surface area contributed by atoms with Crippen molar-refractivity contribution in [2.24, 2.45) is 0 Å². The van der Waals surface area contributed by atoms with Gasteiger partial charge in [-0.3, -0.25) is 4.79 Å². The van der Waals surface area contributed by atoms with Gasteiger partial charge in [0.15, 0.2) is 0 Å². The second-order valence-corrected chi connectivity index (χ2v) is 3.28. The lowest BCUT2D eigenvalue weighted by Gasteiger charge is -2.33. The lowest BCUT2D eigenvalue weighted by molar-refractivity contribution is -0.156. The van der Waals surface area contributed by atoms with Crippen LogP contribution in [0.2, 0.25) is 0 Å². The molecule has 0 aliphatic carbocycles. The number of ether oxygens (including phenoxy) is 1. The maximum absolute atomic E-state index is 11.3. The van der Waals surface area contributed by atoms with Crippen LogP contribution in [-0.4, -0.2) is 65.7 Å². The van der Waals surface area contributed by atoms with Crippen molar-refractivity contribution in [1.82, 2.24) is 9.80 Å². The average Bonchev–Trinajstić information content (AvgIpc) is 2.28. The van der Waals surface area contributed by atoms with Crippen molar-refractivity contribution in [3.05, 3.63) is 0 Å². The topological polar surface area (TPSA) is 87.2 Å². The third kappa shape index (κ3) is 2.85. The van der Waals surface area contributed by atoms with E-state index in [-0.39, 0.29) is 13.1 Å². The van der Waals surface area contributed by atoms with Gasteiger partial charge in [0.1, 0.15) is 0 Å². The molecule has 1 aliphatic rings. The van der Waals surface area contributed by atoms with Crippen molar-refractivity contribution < 1.29 is 24.2 Å². The first-order valence-electron chi connectivity index (χ1n) is 5.00. The Kier molecular flexibility index (Phi) is 4.10. The zero-order chi connectivity index (χ0) is 12.1. The number of nitrogens with zero attached hydrogens (tertiary/aromatic N) is 2. The van der Waals surface area contributed by atoms with Crippen molar-refractivity contribution in [1.29, 1.82) is 0 Å². The number of carboxylic acids is 1. The highest BCUT2D eigenvalue weighted by molar-refractivity contribution is 6.31. The van der Waals surface area contributed by atoms with E-state index in [0.717, 1.165) is 0 Å². The molecule has 1 aliphatic heterocycles. The Balaban J connectivity index is 2.42. The Hall–Kier alpha value is -1.79. The van der Waals surface area contributed by atoms with Crippen LogP contribution in [0.1, 0.15) is 6.92 Å². The van der Waals surface area contributed by atoms with E-state index in [2.05, 4.69) is 0 Å². The van der Waals surface area contributed by atoms with Gasteiger partial charge in [-0.1, -0.05) is 0 Å². The number of piperazine rings is 1. The summed E-state index contributed by atoms with van der Waals surface area (Å²) in [6, 6.07) is 0. The normalized spacial score (nSPS) is 15.8. The van der Waals surface area contributed by atoms with Crippen LogP contribution in [0.5, 0.6) is 0 Å². The van der Waals surface area contributed by atoms with Gasteiger partial charge < -0.3 is 19.6 Å². The molecule has 90 valence electrons. The first-order valence-corrected chi connectivity index (χ1v) is 5.00. The third-order valence-corrected chi connectivity index (χ3v) is 2.28. The van der Waals surface area contributed by atoms with Crippen LogP contribution in [-0.2, 0) is 14.3 Å². The lowest BCUT2D eigenvalue weighted by Crippen LogP contribution is -2.52. The summed E-state index contributed by atoms with van der Waals surface area (Å²) in [7, 11) is 0. The van der Waals surface area contributed by atoms with Crippen LogP contribution in [0.25, 0.3) is 0 Å². The Labute approximate surface area is 92.6 Å². The Morgan fingerprint density at radius 1 is 1.12 bits per heavy atom. The fourth-order valence-corrected chi connectivity index (χ4v) is 1.44. The molecule has 0 aromatic carbocycles. The molecule has 0 unspecified atom stereocenters. The van der Waals surface area contributed by atoms with Gasteiger partial charge in [0.25, 0.3) is 0 Å². The van der Waals surface area contributed by atoms with Crippen molar-refractivity contribution in [2.45, 2.75) is 6.92 Å². The van der Waals surface area contributed by atoms with Crippen LogP contribution in [0.3, 0.4) is 0 Å². The number of carbonyl (C=O) groups excluding carboxylic acids is 2.